The third-order valence-corrected chi connectivity index (χ3v) is 11.3. The van der Waals surface area contributed by atoms with Crippen molar-refractivity contribution in [2.45, 2.75) is 54.4 Å². The Kier molecular flexibility index (Phi) is 6.17. The van der Waals surface area contributed by atoms with Crippen molar-refractivity contribution >= 4 is 34.0 Å². The summed E-state index contributed by atoms with van der Waals surface area (Å²) in [7, 11) is -2.64. The summed E-state index contributed by atoms with van der Waals surface area (Å²) in [6, 6.07) is 20.6. The number of benzene rings is 3. The van der Waals surface area contributed by atoms with Gasteiger partial charge < -0.3 is 0 Å². The van der Waals surface area contributed by atoms with E-state index >= 15 is 0 Å². The summed E-state index contributed by atoms with van der Waals surface area (Å²) in [6.07, 6.45) is 2.06. The zero-order chi connectivity index (χ0) is 20.5. The first-order valence-corrected chi connectivity index (χ1v) is 13.3. The molecule has 0 unspecified atom stereocenters. The van der Waals surface area contributed by atoms with Crippen LogP contribution in [0, 0.1) is 27.7 Å². The molecule has 0 saturated heterocycles. The maximum Gasteiger partial charge on any atom is 0.248 e. The molecule has 0 aliphatic rings. The molecule has 0 aliphatic carbocycles. The largest absolute Gasteiger partial charge is 0.248 e. The number of rotatable bonds is 5. The first-order valence-electron chi connectivity index (χ1n) is 10.3. The lowest BCUT2D eigenvalue weighted by atomic mass is 10.1. The first kappa shape index (κ1) is 20.9. The van der Waals surface area contributed by atoms with Crippen molar-refractivity contribution in [3.05, 3.63) is 88.0 Å². The first-order chi connectivity index (χ1) is 13.3. The zero-order valence-electron chi connectivity index (χ0n) is 18.0. The van der Waals surface area contributed by atoms with Gasteiger partial charge in [0.05, 0.1) is 0 Å². The van der Waals surface area contributed by atoms with Crippen LogP contribution < -0.4 is 15.6 Å². The van der Waals surface area contributed by atoms with Crippen molar-refractivity contribution in [2.75, 3.05) is 0 Å². The monoisotopic (exact) mass is 406 g/mol. The van der Waals surface area contributed by atoms with E-state index in [1.807, 2.05) is 0 Å². The molecule has 3 rings (SSSR count). The molecule has 0 fully saturated rings. The molecule has 0 amide bonds. The Labute approximate surface area is 176 Å². The summed E-state index contributed by atoms with van der Waals surface area (Å²) in [5, 5.41) is 3.92. The maximum atomic E-state index is 7.83. The van der Waals surface area contributed by atoms with Crippen LogP contribution in [0.2, 0.25) is 0 Å². The predicted molar refractivity (Wildman–Crippen MR) is 128 cm³/mol. The van der Waals surface area contributed by atoms with E-state index in [0.29, 0.717) is 0 Å². The van der Waals surface area contributed by atoms with Gasteiger partial charge in [-0.05, 0) is 78.4 Å². The van der Waals surface area contributed by atoms with E-state index in [1.165, 1.54) is 48.9 Å². The van der Waals surface area contributed by atoms with Gasteiger partial charge in [0.1, 0.15) is 0 Å². The summed E-state index contributed by atoms with van der Waals surface area (Å²) in [6.45, 7) is 13.2. The minimum atomic E-state index is -2.64. The average Bonchev–Trinajstić information content (AvgIpc) is 2.66. The normalized spacial score (nSPS) is 11.7. The molecule has 0 nitrogen and oxygen atoms in total. The zero-order valence-corrected chi connectivity index (χ0v) is 19.7. The molecule has 0 spiro atoms. The number of hydrogen-bond acceptors (Lipinski definition) is 0. The van der Waals surface area contributed by atoms with Gasteiger partial charge in [0.15, 0.2) is 0 Å². The topological polar surface area (TPSA) is 0 Å². The average molecular weight is 407 g/mol. The minimum Gasteiger partial charge on any atom is -0.149 e. The predicted octanol–water partition coefficient (Wildman–Crippen LogP) is 5.25. The van der Waals surface area contributed by atoms with Crippen molar-refractivity contribution in [3.63, 3.8) is 0 Å². The third kappa shape index (κ3) is 3.83. The van der Waals surface area contributed by atoms with Crippen molar-refractivity contribution in [1.82, 2.24) is 0 Å². The van der Waals surface area contributed by atoms with E-state index in [4.69, 9.17) is 11.1 Å². The maximum absolute atomic E-state index is 7.83. The molecule has 0 N–H and O–H groups in total. The van der Waals surface area contributed by atoms with Gasteiger partial charge in [0.2, 0.25) is 7.38 Å². The highest BCUT2D eigenvalue weighted by molar-refractivity contribution is 7.40. The fraction of sp³-hybridized carbons (Fsp3) is 0.308. The Morgan fingerprint density at radius 1 is 0.643 bits per heavy atom. The fourth-order valence-electron chi connectivity index (χ4n) is 4.23. The molecule has 0 heterocycles. The third-order valence-electron chi connectivity index (χ3n) is 5.77. The van der Waals surface area contributed by atoms with Crippen LogP contribution in [0.25, 0.3) is 0 Å². The molecule has 3 aromatic carbocycles. The van der Waals surface area contributed by atoms with E-state index in [-0.39, 0.29) is 0 Å². The van der Waals surface area contributed by atoms with E-state index in [2.05, 4.69) is 96.1 Å². The van der Waals surface area contributed by atoms with Crippen LogP contribution >= 0.6 is 11.1 Å². The molecule has 0 aromatic heterocycles. The molecule has 28 heavy (non-hydrogen) atoms. The lowest BCUT2D eigenvalue weighted by Gasteiger charge is -2.30. The summed E-state index contributed by atoms with van der Waals surface area (Å²) >= 11 is 7.83. The molecule has 2 heteroatoms. The molecular formula is C26H31ClSi. The van der Waals surface area contributed by atoms with Crippen molar-refractivity contribution < 1.29 is 0 Å². The summed E-state index contributed by atoms with van der Waals surface area (Å²) in [5.74, 6) is 0. The van der Waals surface area contributed by atoms with E-state index in [1.54, 1.807) is 0 Å². The summed E-state index contributed by atoms with van der Waals surface area (Å²) in [5.41, 5.74) is 7.91. The van der Waals surface area contributed by atoms with Crippen LogP contribution in [-0.4, -0.2) is 7.38 Å². The second kappa shape index (κ2) is 8.27. The molecule has 0 atom stereocenters. The van der Waals surface area contributed by atoms with Crippen molar-refractivity contribution in [2.24, 2.45) is 0 Å². The van der Waals surface area contributed by atoms with Gasteiger partial charge in [-0.1, -0.05) is 79.6 Å². The lowest BCUT2D eigenvalue weighted by molar-refractivity contribution is 1.09. The van der Waals surface area contributed by atoms with E-state index < -0.39 is 7.38 Å². The Morgan fingerprint density at radius 3 is 1.43 bits per heavy atom. The lowest BCUT2D eigenvalue weighted by Crippen LogP contribution is -2.64. The Hall–Kier alpha value is -1.83. The van der Waals surface area contributed by atoms with Crippen LogP contribution in [-0.2, 0) is 12.8 Å². The number of hydrogen-bond donors (Lipinski definition) is 0. The second-order valence-electron chi connectivity index (χ2n) is 8.04. The molecular weight excluding hydrogens is 376 g/mol. The quantitative estimate of drug-likeness (QED) is 0.308. The molecule has 0 saturated carbocycles. The van der Waals surface area contributed by atoms with Gasteiger partial charge in [-0.3, -0.25) is 0 Å². The van der Waals surface area contributed by atoms with Crippen molar-refractivity contribution in [1.29, 1.82) is 0 Å². The highest BCUT2D eigenvalue weighted by Gasteiger charge is 2.40. The van der Waals surface area contributed by atoms with Crippen LogP contribution in [0.15, 0.2) is 54.6 Å². The van der Waals surface area contributed by atoms with Crippen LogP contribution in [0.1, 0.15) is 47.2 Å². The van der Waals surface area contributed by atoms with Gasteiger partial charge in [0.25, 0.3) is 0 Å². The molecule has 0 radical (unpaired) electrons. The Bertz CT molecular complexity index is 930. The van der Waals surface area contributed by atoms with Gasteiger partial charge in [-0.25, -0.2) is 0 Å². The Morgan fingerprint density at radius 2 is 1.07 bits per heavy atom. The minimum absolute atomic E-state index is 1.03. The molecule has 0 aliphatic heterocycles. The Balaban J connectivity index is 2.38. The molecule has 146 valence electrons. The fourth-order valence-corrected chi connectivity index (χ4v) is 9.36. The highest BCUT2D eigenvalue weighted by Crippen LogP contribution is 2.19. The van der Waals surface area contributed by atoms with Crippen molar-refractivity contribution in [3.8, 4) is 0 Å². The van der Waals surface area contributed by atoms with Gasteiger partial charge in [-0.2, -0.15) is 0 Å². The standard InChI is InChI=1S/C26H31ClSi/c1-7-22-15-23(8-2)17-24(16-22)28(27,25-11-9-18(3)13-20(25)5)26-12-10-19(4)14-21(26)6/h9-17H,7-8H2,1-6H3. The second-order valence-corrected chi connectivity index (χ2v) is 12.7. The molecule has 3 aromatic rings. The van der Waals surface area contributed by atoms with E-state index in [0.717, 1.165) is 12.8 Å². The molecule has 0 bridgehead atoms. The van der Waals surface area contributed by atoms with Crippen LogP contribution in [0.3, 0.4) is 0 Å². The van der Waals surface area contributed by atoms with Gasteiger partial charge in [0, 0.05) is 0 Å². The number of halogens is 1. The highest BCUT2D eigenvalue weighted by atomic mass is 35.6. The smallest absolute Gasteiger partial charge is 0.149 e. The van der Waals surface area contributed by atoms with Crippen LogP contribution in [0.4, 0.5) is 0 Å². The number of aryl methyl sites for hydroxylation is 6. The SMILES string of the molecule is CCc1cc(CC)cc([Si](Cl)(c2ccc(C)cc2C)c2ccc(C)cc2C)c1. The van der Waals surface area contributed by atoms with Crippen LogP contribution in [0.5, 0.6) is 0 Å². The summed E-state index contributed by atoms with van der Waals surface area (Å²) < 4.78 is 0. The van der Waals surface area contributed by atoms with Gasteiger partial charge >= 0.3 is 0 Å². The van der Waals surface area contributed by atoms with Gasteiger partial charge in [-0.15, -0.1) is 11.1 Å². The van der Waals surface area contributed by atoms with E-state index in [9.17, 15) is 0 Å². The summed E-state index contributed by atoms with van der Waals surface area (Å²) in [4.78, 5) is 0.